The molecule has 0 radical (unpaired) electrons. The standard InChI is InChI=1S/C11H14FN5O4/c12-11-15-9(13)6-10(16-11)17(3-14-6)1-4-7(19)8(20)5(2-18)21-4/h3-5,7-8,18-20H,1-2H2,(H2,13,15,16)/t4-,5+,7+,8?/m0/s1. The van der Waals surface area contributed by atoms with Crippen LogP contribution in [0.2, 0.25) is 0 Å². The summed E-state index contributed by atoms with van der Waals surface area (Å²) in [5.74, 6) is -0.0857. The van der Waals surface area contributed by atoms with Crippen molar-refractivity contribution in [1.29, 1.82) is 0 Å². The molecule has 0 bridgehead atoms. The highest BCUT2D eigenvalue weighted by atomic mass is 19.1. The molecule has 1 unspecified atom stereocenters. The first-order valence-electron chi connectivity index (χ1n) is 6.27. The number of nitrogens with two attached hydrogens (primary N) is 1. The van der Waals surface area contributed by atoms with E-state index in [0.29, 0.717) is 0 Å². The summed E-state index contributed by atoms with van der Waals surface area (Å²) in [6.45, 7) is -0.343. The Bertz CT molecular complexity index is 665. The molecule has 21 heavy (non-hydrogen) atoms. The van der Waals surface area contributed by atoms with Crippen molar-refractivity contribution in [2.24, 2.45) is 0 Å². The fraction of sp³-hybridized carbons (Fsp3) is 0.545. The maximum atomic E-state index is 13.2. The minimum Gasteiger partial charge on any atom is -0.394 e. The maximum absolute atomic E-state index is 13.2. The van der Waals surface area contributed by atoms with Gasteiger partial charge in [-0.05, 0) is 0 Å². The molecule has 0 aliphatic carbocycles. The van der Waals surface area contributed by atoms with Gasteiger partial charge in [-0.15, -0.1) is 0 Å². The van der Waals surface area contributed by atoms with Gasteiger partial charge in [-0.2, -0.15) is 14.4 Å². The van der Waals surface area contributed by atoms with Crippen molar-refractivity contribution in [2.75, 3.05) is 12.3 Å². The molecule has 2 aromatic heterocycles. The highest BCUT2D eigenvalue weighted by molar-refractivity contribution is 5.81. The lowest BCUT2D eigenvalue weighted by Gasteiger charge is -2.15. The number of ether oxygens (including phenoxy) is 1. The fourth-order valence-electron chi connectivity index (χ4n) is 2.39. The van der Waals surface area contributed by atoms with E-state index >= 15 is 0 Å². The lowest BCUT2D eigenvalue weighted by atomic mass is 10.1. The number of hydrogen-bond acceptors (Lipinski definition) is 8. The van der Waals surface area contributed by atoms with Gasteiger partial charge in [0, 0.05) is 0 Å². The SMILES string of the molecule is Nc1nc(F)nc2c1ncn2C[C@@H]1O[C@H](CO)C(O)[C@@H]1O. The average molecular weight is 299 g/mol. The number of rotatable bonds is 3. The molecule has 10 heteroatoms. The molecule has 1 aliphatic rings. The minimum absolute atomic E-state index is 0.0706. The highest BCUT2D eigenvalue weighted by Gasteiger charge is 2.42. The summed E-state index contributed by atoms with van der Waals surface area (Å²) in [6.07, 6.45) is -3.63. The van der Waals surface area contributed by atoms with Crippen molar-refractivity contribution in [3.05, 3.63) is 12.4 Å². The van der Waals surface area contributed by atoms with Crippen molar-refractivity contribution in [3.8, 4) is 0 Å². The predicted molar refractivity (Wildman–Crippen MR) is 67.5 cm³/mol. The van der Waals surface area contributed by atoms with E-state index in [-0.39, 0.29) is 23.5 Å². The van der Waals surface area contributed by atoms with Crippen molar-refractivity contribution in [1.82, 2.24) is 19.5 Å². The van der Waals surface area contributed by atoms with Gasteiger partial charge in [-0.25, -0.2) is 4.98 Å². The van der Waals surface area contributed by atoms with Crippen LogP contribution in [0.4, 0.5) is 10.2 Å². The van der Waals surface area contributed by atoms with Gasteiger partial charge in [-0.3, -0.25) is 0 Å². The summed E-state index contributed by atoms with van der Waals surface area (Å²) >= 11 is 0. The van der Waals surface area contributed by atoms with E-state index in [1.165, 1.54) is 10.9 Å². The van der Waals surface area contributed by atoms with Crippen molar-refractivity contribution in [2.45, 2.75) is 31.0 Å². The summed E-state index contributed by atoms with van der Waals surface area (Å²) in [5, 5.41) is 28.6. The van der Waals surface area contributed by atoms with Crippen LogP contribution in [0.1, 0.15) is 0 Å². The zero-order chi connectivity index (χ0) is 15.1. The quantitative estimate of drug-likeness (QED) is 0.478. The van der Waals surface area contributed by atoms with Gasteiger partial charge in [0.05, 0.1) is 19.5 Å². The second kappa shape index (κ2) is 5.15. The first-order chi connectivity index (χ1) is 10.0. The number of imidazole rings is 1. The smallest absolute Gasteiger partial charge is 0.312 e. The zero-order valence-corrected chi connectivity index (χ0v) is 10.8. The summed E-state index contributed by atoms with van der Waals surface area (Å²) in [6, 6.07) is 0. The Morgan fingerprint density at radius 2 is 2.00 bits per heavy atom. The van der Waals surface area contributed by atoms with Crippen LogP contribution in [-0.4, -0.2) is 65.9 Å². The number of fused-ring (bicyclic) bond motifs is 1. The van der Waals surface area contributed by atoms with Crippen molar-refractivity contribution in [3.63, 3.8) is 0 Å². The number of aliphatic hydroxyl groups excluding tert-OH is 3. The van der Waals surface area contributed by atoms with Gasteiger partial charge in [0.1, 0.15) is 29.9 Å². The number of hydrogen-bond donors (Lipinski definition) is 4. The van der Waals surface area contributed by atoms with Crippen LogP contribution in [0.3, 0.4) is 0 Å². The molecule has 3 rings (SSSR count). The fourth-order valence-corrected chi connectivity index (χ4v) is 2.39. The lowest BCUT2D eigenvalue weighted by molar-refractivity contribution is -0.0262. The largest absolute Gasteiger partial charge is 0.394 e. The minimum atomic E-state index is -1.19. The molecule has 0 aromatic carbocycles. The number of aromatic nitrogens is 4. The summed E-state index contributed by atoms with van der Waals surface area (Å²) in [7, 11) is 0. The normalized spacial score (nSPS) is 29.3. The molecule has 9 nitrogen and oxygen atoms in total. The monoisotopic (exact) mass is 299 g/mol. The third-order valence-electron chi connectivity index (χ3n) is 3.48. The molecular formula is C11H14FN5O4. The zero-order valence-electron chi connectivity index (χ0n) is 10.8. The number of nitrogen functional groups attached to an aromatic ring is 1. The molecule has 1 fully saturated rings. The van der Waals surface area contributed by atoms with E-state index in [1.807, 2.05) is 0 Å². The Morgan fingerprint density at radius 1 is 1.29 bits per heavy atom. The van der Waals surface area contributed by atoms with E-state index in [1.54, 1.807) is 0 Å². The van der Waals surface area contributed by atoms with Gasteiger partial charge in [0.15, 0.2) is 11.5 Å². The van der Waals surface area contributed by atoms with Gasteiger partial charge in [0.2, 0.25) is 0 Å². The first-order valence-corrected chi connectivity index (χ1v) is 6.27. The van der Waals surface area contributed by atoms with Gasteiger partial charge in [0.25, 0.3) is 0 Å². The molecule has 114 valence electrons. The van der Waals surface area contributed by atoms with E-state index < -0.39 is 37.1 Å². The second-order valence-corrected chi connectivity index (χ2v) is 4.82. The molecule has 0 amide bonds. The van der Waals surface area contributed by atoms with Crippen LogP contribution in [0.15, 0.2) is 6.33 Å². The molecule has 0 spiro atoms. The number of nitrogens with zero attached hydrogens (tertiary/aromatic N) is 4. The van der Waals surface area contributed by atoms with E-state index in [9.17, 15) is 14.6 Å². The maximum Gasteiger partial charge on any atom is 0.312 e. The molecule has 3 heterocycles. The van der Waals surface area contributed by atoms with Crippen LogP contribution in [0.25, 0.3) is 11.2 Å². The molecule has 0 saturated carbocycles. The average Bonchev–Trinajstić information content (AvgIpc) is 2.96. The Kier molecular flexibility index (Phi) is 3.45. The molecule has 4 atom stereocenters. The van der Waals surface area contributed by atoms with Gasteiger partial charge < -0.3 is 30.4 Å². The molecule has 1 saturated heterocycles. The molecule has 2 aromatic rings. The number of halogens is 1. The van der Waals surface area contributed by atoms with E-state index in [2.05, 4.69) is 15.0 Å². The Labute approximate surface area is 117 Å². The second-order valence-electron chi connectivity index (χ2n) is 4.82. The van der Waals surface area contributed by atoms with Gasteiger partial charge >= 0.3 is 6.08 Å². The summed E-state index contributed by atoms with van der Waals surface area (Å²) in [5.41, 5.74) is 5.95. The molecule has 5 N–H and O–H groups in total. The van der Waals surface area contributed by atoms with Gasteiger partial charge in [-0.1, -0.05) is 0 Å². The lowest BCUT2D eigenvalue weighted by Crippen LogP contribution is -2.35. The van der Waals surface area contributed by atoms with E-state index in [0.717, 1.165) is 0 Å². The predicted octanol–water partition coefficient (Wildman–Crippen LogP) is -1.97. The van der Waals surface area contributed by atoms with Crippen LogP contribution >= 0.6 is 0 Å². The Hall–Kier alpha value is -1.88. The van der Waals surface area contributed by atoms with Crippen molar-refractivity contribution >= 4 is 17.0 Å². The number of aliphatic hydroxyl groups is 3. The van der Waals surface area contributed by atoms with E-state index in [4.69, 9.17) is 15.6 Å². The van der Waals surface area contributed by atoms with Crippen LogP contribution in [0.5, 0.6) is 0 Å². The van der Waals surface area contributed by atoms with Crippen LogP contribution in [-0.2, 0) is 11.3 Å². The Morgan fingerprint density at radius 3 is 2.67 bits per heavy atom. The molecular weight excluding hydrogens is 285 g/mol. The van der Waals surface area contributed by atoms with Crippen molar-refractivity contribution < 1.29 is 24.4 Å². The third-order valence-corrected chi connectivity index (χ3v) is 3.48. The summed E-state index contributed by atoms with van der Waals surface area (Å²) < 4.78 is 20.0. The van der Waals surface area contributed by atoms with Crippen LogP contribution < -0.4 is 5.73 Å². The Balaban J connectivity index is 1.89. The highest BCUT2D eigenvalue weighted by Crippen LogP contribution is 2.24. The summed E-state index contributed by atoms with van der Waals surface area (Å²) in [4.78, 5) is 11.0. The number of anilines is 1. The van der Waals surface area contributed by atoms with Crippen LogP contribution in [0, 0.1) is 6.08 Å². The third kappa shape index (κ3) is 2.31. The first kappa shape index (κ1) is 14.1. The topological polar surface area (TPSA) is 140 Å². The molecule has 1 aliphatic heterocycles.